The number of fused-ring (bicyclic) bond motifs is 1. The number of hydrogen-bond donors (Lipinski definition) is 1. The van der Waals surface area contributed by atoms with Crippen molar-refractivity contribution in [1.82, 2.24) is 0 Å². The predicted molar refractivity (Wildman–Crippen MR) is 76.0 cm³/mol. The van der Waals surface area contributed by atoms with Gasteiger partial charge in [-0.15, -0.1) is 0 Å². The van der Waals surface area contributed by atoms with Gasteiger partial charge in [0.2, 0.25) is 0 Å². The summed E-state index contributed by atoms with van der Waals surface area (Å²) in [4.78, 5) is 47.5. The number of nitrogens with one attached hydrogen (secondary N) is 1. The van der Waals surface area contributed by atoms with Crippen molar-refractivity contribution in [3.8, 4) is 0 Å². The summed E-state index contributed by atoms with van der Waals surface area (Å²) in [7, 11) is 2.01. The summed E-state index contributed by atoms with van der Waals surface area (Å²) in [5.41, 5.74) is -0.383. The fourth-order valence-electron chi connectivity index (χ4n) is 1.99. The number of halogens is 1. The van der Waals surface area contributed by atoms with Crippen LogP contribution in [0.3, 0.4) is 0 Å². The summed E-state index contributed by atoms with van der Waals surface area (Å²) in [5, 5.41) is 2.77. The van der Waals surface area contributed by atoms with Crippen LogP contribution in [-0.2, 0) is 28.7 Å². The molecule has 1 amide bonds. The Bertz CT molecular complexity index is 737. The molecule has 1 aromatic carbocycles. The largest absolute Gasteiger partial charge is 0.465 e. The number of benzene rings is 1. The lowest BCUT2D eigenvalue weighted by atomic mass is 9.98. The maximum Gasteiger partial charge on any atom is 0.379 e. The fraction of sp³-hybridized carbons (Fsp3) is 0.143. The van der Waals surface area contributed by atoms with Crippen LogP contribution >= 0.6 is 11.6 Å². The lowest BCUT2D eigenvalue weighted by Gasteiger charge is -2.07. The predicted octanol–water partition coefficient (Wildman–Crippen LogP) is 0.961. The van der Waals surface area contributed by atoms with Crippen LogP contribution in [-0.4, -0.2) is 37.8 Å². The van der Waals surface area contributed by atoms with E-state index in [0.29, 0.717) is 10.7 Å². The highest BCUT2D eigenvalue weighted by atomic mass is 35.5. The smallest absolute Gasteiger partial charge is 0.379 e. The van der Waals surface area contributed by atoms with Crippen molar-refractivity contribution in [1.29, 1.82) is 0 Å². The summed E-state index contributed by atoms with van der Waals surface area (Å²) in [6.45, 7) is 0. The van der Waals surface area contributed by atoms with Crippen molar-refractivity contribution in [2.75, 3.05) is 19.5 Å². The van der Waals surface area contributed by atoms with Crippen LogP contribution < -0.4 is 5.32 Å². The van der Waals surface area contributed by atoms with Gasteiger partial charge in [-0.1, -0.05) is 11.6 Å². The van der Waals surface area contributed by atoms with E-state index in [1.807, 2.05) is 0 Å². The van der Waals surface area contributed by atoms with E-state index >= 15 is 0 Å². The maximum absolute atomic E-state index is 12.1. The van der Waals surface area contributed by atoms with Gasteiger partial charge in [0.05, 0.1) is 19.8 Å². The van der Waals surface area contributed by atoms with Gasteiger partial charge in [0, 0.05) is 16.3 Å². The molecule has 0 saturated heterocycles. The van der Waals surface area contributed by atoms with Gasteiger partial charge in [-0.3, -0.25) is 9.59 Å². The van der Waals surface area contributed by atoms with E-state index in [0.717, 1.165) is 14.2 Å². The van der Waals surface area contributed by atoms with Crippen molar-refractivity contribution in [3.63, 3.8) is 0 Å². The molecule has 0 aliphatic carbocycles. The standard InChI is InChI=1S/C14H10ClNO6/c1-21-13(19)10(11(17)14(20)22-2)9-7-5-6(15)3-4-8(7)16-12(9)18/h3-5H,1-2H3,(H,16,18)/b10-9+. The van der Waals surface area contributed by atoms with Gasteiger partial charge in [0.1, 0.15) is 5.57 Å². The van der Waals surface area contributed by atoms with E-state index < -0.39 is 29.2 Å². The minimum atomic E-state index is -1.28. The number of methoxy groups -OCH3 is 2. The monoisotopic (exact) mass is 323 g/mol. The number of ketones is 1. The zero-order chi connectivity index (χ0) is 16.4. The minimum absolute atomic E-state index is 0.232. The summed E-state index contributed by atoms with van der Waals surface area (Å²) < 4.78 is 8.80. The Labute approximate surface area is 129 Å². The molecule has 0 unspecified atom stereocenters. The molecule has 0 radical (unpaired) electrons. The third-order valence-corrected chi connectivity index (χ3v) is 3.20. The Balaban J connectivity index is 2.73. The lowest BCUT2D eigenvalue weighted by molar-refractivity contribution is -0.151. The first-order valence-electron chi connectivity index (χ1n) is 5.97. The summed E-state index contributed by atoms with van der Waals surface area (Å²) in [6, 6.07) is 4.45. The molecule has 22 heavy (non-hydrogen) atoms. The van der Waals surface area contributed by atoms with Crippen LogP contribution in [0.25, 0.3) is 5.57 Å². The Morgan fingerprint density at radius 2 is 1.73 bits per heavy atom. The summed E-state index contributed by atoms with van der Waals surface area (Å²) >= 11 is 5.87. The minimum Gasteiger partial charge on any atom is -0.465 e. The van der Waals surface area contributed by atoms with Gasteiger partial charge < -0.3 is 14.8 Å². The van der Waals surface area contributed by atoms with Crippen LogP contribution in [0.2, 0.25) is 5.02 Å². The molecule has 1 aliphatic rings. The van der Waals surface area contributed by atoms with Gasteiger partial charge in [-0.25, -0.2) is 9.59 Å². The first-order chi connectivity index (χ1) is 10.4. The SMILES string of the molecule is COC(=O)C(=O)/C(C(=O)OC)=C1\C(=O)Nc2ccc(Cl)cc21. The van der Waals surface area contributed by atoms with Gasteiger partial charge in [0.25, 0.3) is 11.7 Å². The second kappa shape index (κ2) is 5.98. The first kappa shape index (κ1) is 15.7. The van der Waals surface area contributed by atoms with Crippen molar-refractivity contribution in [2.45, 2.75) is 0 Å². The highest BCUT2D eigenvalue weighted by Crippen LogP contribution is 2.36. The molecule has 0 saturated carbocycles. The number of amides is 1. The number of carbonyl (C=O) groups excluding carboxylic acids is 4. The number of anilines is 1. The molecule has 0 bridgehead atoms. The molecule has 114 valence electrons. The van der Waals surface area contributed by atoms with Crippen LogP contribution in [0, 0.1) is 0 Å². The van der Waals surface area contributed by atoms with Crippen LogP contribution in [0.4, 0.5) is 5.69 Å². The number of rotatable bonds is 3. The van der Waals surface area contributed by atoms with Crippen LogP contribution in [0.5, 0.6) is 0 Å². The van der Waals surface area contributed by atoms with Crippen molar-refractivity contribution in [2.24, 2.45) is 0 Å². The molecule has 0 fully saturated rings. The van der Waals surface area contributed by atoms with E-state index in [4.69, 9.17) is 11.6 Å². The van der Waals surface area contributed by atoms with Gasteiger partial charge >= 0.3 is 11.9 Å². The van der Waals surface area contributed by atoms with Crippen molar-refractivity contribution in [3.05, 3.63) is 34.4 Å². The Morgan fingerprint density at radius 1 is 1.09 bits per heavy atom. The quantitative estimate of drug-likeness (QED) is 0.292. The van der Waals surface area contributed by atoms with Gasteiger partial charge in [0.15, 0.2) is 0 Å². The molecular weight excluding hydrogens is 314 g/mol. The highest BCUT2D eigenvalue weighted by molar-refractivity contribution is 6.53. The average Bonchev–Trinajstić information content (AvgIpc) is 2.82. The molecule has 1 aromatic rings. The van der Waals surface area contributed by atoms with E-state index in [2.05, 4.69) is 14.8 Å². The Morgan fingerprint density at radius 3 is 2.32 bits per heavy atom. The van der Waals surface area contributed by atoms with E-state index in [9.17, 15) is 19.2 Å². The Hall–Kier alpha value is -2.67. The van der Waals surface area contributed by atoms with E-state index in [1.165, 1.54) is 18.2 Å². The molecule has 1 aliphatic heterocycles. The van der Waals surface area contributed by atoms with E-state index in [1.54, 1.807) is 0 Å². The summed E-state index contributed by atoms with van der Waals surface area (Å²) in [6.07, 6.45) is 0. The molecule has 0 atom stereocenters. The second-order valence-corrected chi connectivity index (χ2v) is 4.64. The van der Waals surface area contributed by atoms with Gasteiger partial charge in [-0.2, -0.15) is 0 Å². The number of hydrogen-bond acceptors (Lipinski definition) is 6. The molecule has 8 heteroatoms. The molecule has 2 rings (SSSR count). The maximum atomic E-state index is 12.1. The number of carbonyl (C=O) groups is 4. The number of Topliss-reactive ketones (excluding diaryl/α,β-unsaturated/α-hetero) is 1. The average molecular weight is 324 g/mol. The number of ether oxygens (including phenoxy) is 2. The summed E-state index contributed by atoms with van der Waals surface area (Å²) in [5.74, 6) is -4.38. The molecule has 1 heterocycles. The number of esters is 2. The molecule has 0 aromatic heterocycles. The third kappa shape index (κ3) is 2.58. The van der Waals surface area contributed by atoms with Gasteiger partial charge in [-0.05, 0) is 18.2 Å². The second-order valence-electron chi connectivity index (χ2n) is 4.21. The zero-order valence-corrected chi connectivity index (χ0v) is 12.3. The highest BCUT2D eigenvalue weighted by Gasteiger charge is 2.37. The third-order valence-electron chi connectivity index (χ3n) is 2.96. The fourth-order valence-corrected chi connectivity index (χ4v) is 2.16. The van der Waals surface area contributed by atoms with Crippen LogP contribution in [0.1, 0.15) is 5.56 Å². The Kier molecular flexibility index (Phi) is 4.27. The molecule has 1 N–H and O–H groups in total. The lowest BCUT2D eigenvalue weighted by Crippen LogP contribution is -2.26. The van der Waals surface area contributed by atoms with Crippen LogP contribution in [0.15, 0.2) is 23.8 Å². The molecular formula is C14H10ClNO6. The van der Waals surface area contributed by atoms with Crippen molar-refractivity contribution < 1.29 is 28.7 Å². The first-order valence-corrected chi connectivity index (χ1v) is 6.35. The van der Waals surface area contributed by atoms with Crippen molar-refractivity contribution >= 4 is 46.5 Å². The normalized spacial score (nSPS) is 14.8. The molecule has 0 spiro atoms. The topological polar surface area (TPSA) is 98.8 Å². The zero-order valence-electron chi connectivity index (χ0n) is 11.6. The van der Waals surface area contributed by atoms with E-state index in [-0.39, 0.29) is 11.1 Å². The molecule has 7 nitrogen and oxygen atoms in total.